The molecule has 3 aromatic rings. The summed E-state index contributed by atoms with van der Waals surface area (Å²) < 4.78 is 0. The third-order valence-electron chi connectivity index (χ3n) is 3.20. The molecule has 0 fully saturated rings. The number of benzene rings is 3. The van der Waals surface area contributed by atoms with Crippen molar-refractivity contribution in [1.82, 2.24) is 0 Å². The van der Waals surface area contributed by atoms with E-state index in [1.807, 2.05) is 48.5 Å². The Morgan fingerprint density at radius 1 is 0.667 bits per heavy atom. The van der Waals surface area contributed by atoms with Crippen molar-refractivity contribution >= 4 is 23.1 Å². The van der Waals surface area contributed by atoms with E-state index in [-0.39, 0.29) is 0 Å². The van der Waals surface area contributed by atoms with Gasteiger partial charge in [-0.2, -0.15) is 0 Å². The van der Waals surface area contributed by atoms with Gasteiger partial charge in [0.2, 0.25) is 0 Å². The molecule has 104 valence electrons. The highest BCUT2D eigenvalue weighted by Gasteiger charge is 2.05. The molecule has 0 saturated carbocycles. The van der Waals surface area contributed by atoms with Gasteiger partial charge in [-0.25, -0.2) is 0 Å². The van der Waals surface area contributed by atoms with Gasteiger partial charge in [-0.15, -0.1) is 0 Å². The fourth-order valence-electron chi connectivity index (χ4n) is 2.20. The summed E-state index contributed by atoms with van der Waals surface area (Å²) in [5.41, 5.74) is 15.6. The highest BCUT2D eigenvalue weighted by atomic mass is 32.2. The van der Waals surface area contributed by atoms with Crippen molar-refractivity contribution in [2.45, 2.75) is 9.79 Å². The van der Waals surface area contributed by atoms with E-state index >= 15 is 0 Å². The molecule has 0 atom stereocenters. The van der Waals surface area contributed by atoms with Gasteiger partial charge in [-0.05, 0) is 42.0 Å². The van der Waals surface area contributed by atoms with Crippen LogP contribution in [0.15, 0.2) is 82.6 Å². The highest BCUT2D eigenvalue weighted by Crippen LogP contribution is 2.34. The van der Waals surface area contributed by atoms with Crippen molar-refractivity contribution in [3.8, 4) is 11.1 Å². The van der Waals surface area contributed by atoms with Crippen LogP contribution in [-0.4, -0.2) is 0 Å². The molecule has 21 heavy (non-hydrogen) atoms. The van der Waals surface area contributed by atoms with Crippen LogP contribution in [-0.2, 0) is 0 Å². The van der Waals surface area contributed by atoms with Crippen LogP contribution in [0.5, 0.6) is 0 Å². The largest absolute Gasteiger partial charge is 0.399 e. The first-order valence-electron chi connectivity index (χ1n) is 6.71. The standard InChI is InChI=1S/C18H16N2S/c19-14-6-4-5-13(11-14)17-10-9-16(12-18(17)20)21-15-7-2-1-3-8-15/h1-12H,19-20H2. The SMILES string of the molecule is Nc1cccc(-c2ccc(Sc3ccccc3)cc2N)c1. The summed E-state index contributed by atoms with van der Waals surface area (Å²) in [7, 11) is 0. The van der Waals surface area contributed by atoms with E-state index in [0.29, 0.717) is 0 Å². The lowest BCUT2D eigenvalue weighted by molar-refractivity contribution is 1.41. The summed E-state index contributed by atoms with van der Waals surface area (Å²) >= 11 is 1.70. The molecule has 0 radical (unpaired) electrons. The number of nitrogen functional groups attached to an aromatic ring is 2. The highest BCUT2D eigenvalue weighted by molar-refractivity contribution is 7.99. The van der Waals surface area contributed by atoms with Crippen molar-refractivity contribution < 1.29 is 0 Å². The molecular weight excluding hydrogens is 276 g/mol. The Balaban J connectivity index is 1.90. The maximum atomic E-state index is 6.20. The molecule has 0 aliphatic heterocycles. The van der Waals surface area contributed by atoms with Crippen LogP contribution in [0.25, 0.3) is 11.1 Å². The monoisotopic (exact) mass is 292 g/mol. The Labute approximate surface area is 128 Å². The Morgan fingerprint density at radius 3 is 2.19 bits per heavy atom. The number of hydrogen-bond acceptors (Lipinski definition) is 3. The summed E-state index contributed by atoms with van der Waals surface area (Å²) in [4.78, 5) is 2.33. The quantitative estimate of drug-likeness (QED) is 0.690. The number of rotatable bonds is 3. The fraction of sp³-hybridized carbons (Fsp3) is 0. The second-order valence-corrected chi connectivity index (χ2v) is 5.94. The van der Waals surface area contributed by atoms with Crippen LogP contribution < -0.4 is 11.5 Å². The van der Waals surface area contributed by atoms with E-state index in [1.54, 1.807) is 11.8 Å². The maximum absolute atomic E-state index is 6.20. The van der Waals surface area contributed by atoms with Crippen LogP contribution in [0.4, 0.5) is 11.4 Å². The van der Waals surface area contributed by atoms with E-state index in [1.165, 1.54) is 4.90 Å². The topological polar surface area (TPSA) is 52.0 Å². The van der Waals surface area contributed by atoms with E-state index in [4.69, 9.17) is 11.5 Å². The first-order valence-corrected chi connectivity index (χ1v) is 7.52. The van der Waals surface area contributed by atoms with Gasteiger partial charge in [0.1, 0.15) is 0 Å². The van der Waals surface area contributed by atoms with Crippen LogP contribution in [0.1, 0.15) is 0 Å². The lowest BCUT2D eigenvalue weighted by Gasteiger charge is -2.09. The van der Waals surface area contributed by atoms with Crippen molar-refractivity contribution in [3.05, 3.63) is 72.8 Å². The molecule has 3 heteroatoms. The predicted octanol–water partition coefficient (Wildman–Crippen LogP) is 4.67. The average molecular weight is 292 g/mol. The molecule has 0 aliphatic rings. The maximum Gasteiger partial charge on any atom is 0.0405 e. The van der Waals surface area contributed by atoms with Gasteiger partial charge in [-0.1, -0.05) is 48.2 Å². The Morgan fingerprint density at radius 2 is 1.48 bits per heavy atom. The molecule has 0 heterocycles. The van der Waals surface area contributed by atoms with Crippen molar-refractivity contribution in [1.29, 1.82) is 0 Å². The fourth-order valence-corrected chi connectivity index (χ4v) is 3.09. The molecule has 0 aliphatic carbocycles. The predicted molar refractivity (Wildman–Crippen MR) is 91.3 cm³/mol. The summed E-state index contributed by atoms with van der Waals surface area (Å²) in [6.45, 7) is 0. The summed E-state index contributed by atoms with van der Waals surface area (Å²) in [5.74, 6) is 0. The lowest BCUT2D eigenvalue weighted by Crippen LogP contribution is -1.92. The van der Waals surface area contributed by atoms with Crippen molar-refractivity contribution in [2.24, 2.45) is 0 Å². The second-order valence-electron chi connectivity index (χ2n) is 4.79. The minimum atomic E-state index is 0.745. The van der Waals surface area contributed by atoms with E-state index in [9.17, 15) is 0 Å². The molecule has 0 bridgehead atoms. The average Bonchev–Trinajstić information content (AvgIpc) is 2.48. The molecule has 2 nitrogen and oxygen atoms in total. The summed E-state index contributed by atoms with van der Waals surface area (Å²) in [6.07, 6.45) is 0. The molecule has 0 saturated heterocycles. The van der Waals surface area contributed by atoms with Crippen LogP contribution in [0, 0.1) is 0 Å². The van der Waals surface area contributed by atoms with Gasteiger partial charge < -0.3 is 11.5 Å². The Bertz CT molecular complexity index is 754. The second kappa shape index (κ2) is 5.94. The summed E-state index contributed by atoms with van der Waals surface area (Å²) in [5, 5.41) is 0. The number of hydrogen-bond donors (Lipinski definition) is 2. The molecule has 4 N–H and O–H groups in total. The Kier molecular flexibility index (Phi) is 3.84. The number of anilines is 2. The van der Waals surface area contributed by atoms with Gasteiger partial charge in [0.25, 0.3) is 0 Å². The van der Waals surface area contributed by atoms with E-state index in [2.05, 4.69) is 24.3 Å². The van der Waals surface area contributed by atoms with Gasteiger partial charge in [-0.3, -0.25) is 0 Å². The van der Waals surface area contributed by atoms with Gasteiger partial charge in [0, 0.05) is 26.7 Å². The van der Waals surface area contributed by atoms with Crippen LogP contribution in [0.3, 0.4) is 0 Å². The minimum absolute atomic E-state index is 0.745. The third-order valence-corrected chi connectivity index (χ3v) is 4.20. The first kappa shape index (κ1) is 13.6. The molecule has 0 spiro atoms. The summed E-state index contributed by atoms with van der Waals surface area (Å²) in [6, 6.07) is 24.2. The third kappa shape index (κ3) is 3.20. The molecule has 3 aromatic carbocycles. The Hall–Kier alpha value is -2.39. The molecule has 0 aromatic heterocycles. The lowest BCUT2D eigenvalue weighted by atomic mass is 10.0. The zero-order valence-electron chi connectivity index (χ0n) is 11.5. The molecular formula is C18H16N2S. The normalized spacial score (nSPS) is 10.5. The zero-order valence-corrected chi connectivity index (χ0v) is 12.3. The van der Waals surface area contributed by atoms with Crippen molar-refractivity contribution in [3.63, 3.8) is 0 Å². The smallest absolute Gasteiger partial charge is 0.0405 e. The van der Waals surface area contributed by atoms with Crippen LogP contribution in [0.2, 0.25) is 0 Å². The van der Waals surface area contributed by atoms with Gasteiger partial charge in [0.15, 0.2) is 0 Å². The van der Waals surface area contributed by atoms with E-state index < -0.39 is 0 Å². The van der Waals surface area contributed by atoms with Crippen molar-refractivity contribution in [2.75, 3.05) is 11.5 Å². The molecule has 0 amide bonds. The van der Waals surface area contributed by atoms with Gasteiger partial charge >= 0.3 is 0 Å². The number of nitrogens with two attached hydrogens (primary N) is 2. The molecule has 0 unspecified atom stereocenters. The minimum Gasteiger partial charge on any atom is -0.399 e. The molecule has 3 rings (SSSR count). The van der Waals surface area contributed by atoms with Crippen LogP contribution >= 0.6 is 11.8 Å². The van der Waals surface area contributed by atoms with Gasteiger partial charge in [0.05, 0.1) is 0 Å². The first-order chi connectivity index (χ1) is 10.2. The van der Waals surface area contributed by atoms with E-state index in [0.717, 1.165) is 27.4 Å². The zero-order chi connectivity index (χ0) is 14.7.